The summed E-state index contributed by atoms with van der Waals surface area (Å²) >= 11 is 0. The molecule has 2 N–H and O–H groups in total. The topological polar surface area (TPSA) is 95.7 Å². The summed E-state index contributed by atoms with van der Waals surface area (Å²) in [6.07, 6.45) is 4.95. The van der Waals surface area contributed by atoms with Gasteiger partial charge in [-0.2, -0.15) is 0 Å². The first-order chi connectivity index (χ1) is 10.5. The van der Waals surface area contributed by atoms with Gasteiger partial charge in [0.1, 0.15) is 11.8 Å². The van der Waals surface area contributed by atoms with Crippen molar-refractivity contribution in [1.29, 1.82) is 0 Å². The van der Waals surface area contributed by atoms with E-state index < -0.39 is 12.0 Å². The van der Waals surface area contributed by atoms with Crippen LogP contribution in [0, 0.1) is 12.8 Å². The summed E-state index contributed by atoms with van der Waals surface area (Å²) in [4.78, 5) is 25.5. The van der Waals surface area contributed by atoms with Gasteiger partial charge in [0.15, 0.2) is 5.82 Å². The number of likely N-dealkylation sites (tertiary alicyclic amines) is 1. The number of nitrogens with one attached hydrogen (secondary N) is 1. The highest BCUT2D eigenvalue weighted by atomic mass is 16.5. The van der Waals surface area contributed by atoms with Gasteiger partial charge in [-0.1, -0.05) is 18.0 Å². The fourth-order valence-electron chi connectivity index (χ4n) is 3.80. The van der Waals surface area contributed by atoms with Crippen LogP contribution in [0.3, 0.4) is 0 Å². The van der Waals surface area contributed by atoms with Crippen molar-refractivity contribution in [3.8, 4) is 0 Å². The van der Waals surface area contributed by atoms with Crippen LogP contribution in [0.2, 0.25) is 0 Å². The lowest BCUT2D eigenvalue weighted by Gasteiger charge is -2.32. The summed E-state index contributed by atoms with van der Waals surface area (Å²) < 4.78 is 4.91. The number of carboxylic acid groups (broad SMARTS) is 1. The standard InChI is InChI=1S/C15H21N3O4/c1-9-6-13(17-22-9)16-14(19)8-18-11-5-3-2-4-10(11)7-12(18)15(20)21/h6,10-12H,2-5,7-8H2,1H3,(H,20,21)(H,16,17,19)/t10-,11-,12-/m0/s1. The monoisotopic (exact) mass is 307 g/mol. The molecule has 7 heteroatoms. The lowest BCUT2D eigenvalue weighted by Crippen LogP contribution is -2.46. The Labute approximate surface area is 128 Å². The Morgan fingerprint density at radius 1 is 1.45 bits per heavy atom. The van der Waals surface area contributed by atoms with E-state index in [9.17, 15) is 14.7 Å². The molecule has 7 nitrogen and oxygen atoms in total. The van der Waals surface area contributed by atoms with E-state index in [1.165, 1.54) is 0 Å². The molecule has 2 fully saturated rings. The summed E-state index contributed by atoms with van der Waals surface area (Å²) in [5, 5.41) is 15.8. The minimum atomic E-state index is -0.834. The molecule has 0 aromatic carbocycles. The molecule has 0 unspecified atom stereocenters. The van der Waals surface area contributed by atoms with Crippen molar-refractivity contribution in [3.63, 3.8) is 0 Å². The number of aryl methyl sites for hydroxylation is 1. The number of aliphatic carboxylic acids is 1. The number of anilines is 1. The molecule has 120 valence electrons. The SMILES string of the molecule is Cc1cc(NC(=O)CN2[C@H](C(=O)O)C[C@@H]3CCCC[C@@H]32)no1. The second kappa shape index (κ2) is 6.08. The summed E-state index contributed by atoms with van der Waals surface area (Å²) in [5.41, 5.74) is 0. The van der Waals surface area contributed by atoms with E-state index in [2.05, 4.69) is 10.5 Å². The number of fused-ring (bicyclic) bond motifs is 1. The van der Waals surface area contributed by atoms with Crippen molar-refractivity contribution < 1.29 is 19.2 Å². The van der Waals surface area contributed by atoms with Gasteiger partial charge < -0.3 is 14.9 Å². The van der Waals surface area contributed by atoms with Gasteiger partial charge in [0.05, 0.1) is 6.54 Å². The van der Waals surface area contributed by atoms with Crippen molar-refractivity contribution >= 4 is 17.7 Å². The van der Waals surface area contributed by atoms with Crippen molar-refractivity contribution in [2.24, 2.45) is 5.92 Å². The van der Waals surface area contributed by atoms with Gasteiger partial charge in [-0.3, -0.25) is 14.5 Å². The first-order valence-corrected chi connectivity index (χ1v) is 7.76. The molecule has 1 aliphatic carbocycles. The summed E-state index contributed by atoms with van der Waals surface area (Å²) in [7, 11) is 0. The first kappa shape index (κ1) is 15.0. The second-order valence-corrected chi connectivity index (χ2v) is 6.24. The number of hydrogen-bond donors (Lipinski definition) is 2. The van der Waals surface area contributed by atoms with Gasteiger partial charge >= 0.3 is 5.97 Å². The quantitative estimate of drug-likeness (QED) is 0.878. The van der Waals surface area contributed by atoms with Gasteiger partial charge in [0, 0.05) is 12.1 Å². The molecule has 3 atom stereocenters. The van der Waals surface area contributed by atoms with E-state index >= 15 is 0 Å². The van der Waals surface area contributed by atoms with Gasteiger partial charge in [0.2, 0.25) is 5.91 Å². The zero-order valence-corrected chi connectivity index (χ0v) is 12.6. The lowest BCUT2D eigenvalue weighted by atomic mass is 9.85. The van der Waals surface area contributed by atoms with E-state index in [0.717, 1.165) is 25.7 Å². The van der Waals surface area contributed by atoms with Crippen LogP contribution in [0.1, 0.15) is 37.9 Å². The first-order valence-electron chi connectivity index (χ1n) is 7.76. The number of carbonyl (C=O) groups is 2. The van der Waals surface area contributed by atoms with Crippen LogP contribution in [0.5, 0.6) is 0 Å². The normalized spacial score (nSPS) is 28.3. The minimum absolute atomic E-state index is 0.0873. The van der Waals surface area contributed by atoms with Gasteiger partial charge in [0.25, 0.3) is 0 Å². The van der Waals surface area contributed by atoms with Crippen LogP contribution in [-0.2, 0) is 9.59 Å². The number of hydrogen-bond acceptors (Lipinski definition) is 5. The molecule has 1 aromatic heterocycles. The Bertz CT molecular complexity index is 571. The minimum Gasteiger partial charge on any atom is -0.480 e. The molecule has 1 amide bonds. The summed E-state index contributed by atoms with van der Waals surface area (Å²) in [5.74, 6) is 0.309. The van der Waals surface area contributed by atoms with E-state index in [0.29, 0.717) is 23.9 Å². The number of carbonyl (C=O) groups excluding carboxylic acids is 1. The second-order valence-electron chi connectivity index (χ2n) is 6.24. The van der Waals surface area contributed by atoms with E-state index in [1.54, 1.807) is 13.0 Å². The predicted molar refractivity (Wildman–Crippen MR) is 78.4 cm³/mol. The molecule has 0 bridgehead atoms. The number of nitrogens with zero attached hydrogens (tertiary/aromatic N) is 2. The van der Waals surface area contributed by atoms with Crippen molar-refractivity contribution in [2.75, 3.05) is 11.9 Å². The number of carboxylic acids is 1. The highest BCUT2D eigenvalue weighted by molar-refractivity contribution is 5.91. The third kappa shape index (κ3) is 2.99. The van der Waals surface area contributed by atoms with Gasteiger partial charge in [-0.05, 0) is 32.1 Å². The maximum atomic E-state index is 12.2. The summed E-state index contributed by atoms with van der Waals surface area (Å²) in [6.45, 7) is 1.83. The average molecular weight is 307 g/mol. The Morgan fingerprint density at radius 3 is 2.91 bits per heavy atom. The lowest BCUT2D eigenvalue weighted by molar-refractivity contribution is -0.143. The molecule has 1 saturated heterocycles. The molecular formula is C15H21N3O4. The fourth-order valence-corrected chi connectivity index (χ4v) is 3.80. The number of rotatable bonds is 4. The van der Waals surface area contributed by atoms with Gasteiger partial charge in [-0.15, -0.1) is 0 Å². The zero-order chi connectivity index (χ0) is 15.7. The highest BCUT2D eigenvalue weighted by Gasteiger charge is 2.45. The molecule has 22 heavy (non-hydrogen) atoms. The number of aromatic nitrogens is 1. The maximum absolute atomic E-state index is 12.2. The molecule has 1 saturated carbocycles. The fraction of sp³-hybridized carbons (Fsp3) is 0.667. The smallest absolute Gasteiger partial charge is 0.320 e. The van der Waals surface area contributed by atoms with Crippen LogP contribution in [0.15, 0.2) is 10.6 Å². The van der Waals surface area contributed by atoms with Crippen LogP contribution >= 0.6 is 0 Å². The van der Waals surface area contributed by atoms with Crippen molar-refractivity contribution in [2.45, 2.75) is 51.1 Å². The van der Waals surface area contributed by atoms with E-state index in [4.69, 9.17) is 4.52 Å². The van der Waals surface area contributed by atoms with Gasteiger partial charge in [-0.25, -0.2) is 0 Å². The molecule has 0 radical (unpaired) electrons. The number of amides is 1. The predicted octanol–water partition coefficient (Wildman–Crippen LogP) is 1.64. The maximum Gasteiger partial charge on any atom is 0.320 e. The average Bonchev–Trinajstić information content (AvgIpc) is 3.03. The van der Waals surface area contributed by atoms with Crippen molar-refractivity contribution in [1.82, 2.24) is 10.1 Å². The van der Waals surface area contributed by atoms with Crippen LogP contribution in [-0.4, -0.2) is 45.7 Å². The molecular weight excluding hydrogens is 286 g/mol. The van der Waals surface area contributed by atoms with Crippen molar-refractivity contribution in [3.05, 3.63) is 11.8 Å². The zero-order valence-electron chi connectivity index (χ0n) is 12.6. The van der Waals surface area contributed by atoms with E-state index in [1.807, 2.05) is 4.90 Å². The largest absolute Gasteiger partial charge is 0.480 e. The third-order valence-electron chi connectivity index (χ3n) is 4.73. The van der Waals surface area contributed by atoms with Crippen LogP contribution in [0.25, 0.3) is 0 Å². The molecule has 0 spiro atoms. The molecule has 1 aliphatic heterocycles. The van der Waals surface area contributed by atoms with Crippen LogP contribution in [0.4, 0.5) is 5.82 Å². The Balaban J connectivity index is 1.67. The van der Waals surface area contributed by atoms with Crippen LogP contribution < -0.4 is 5.32 Å². The molecule has 2 heterocycles. The Kier molecular flexibility index (Phi) is 4.15. The third-order valence-corrected chi connectivity index (χ3v) is 4.73. The highest BCUT2D eigenvalue weighted by Crippen LogP contribution is 2.39. The van der Waals surface area contributed by atoms with E-state index in [-0.39, 0.29) is 18.5 Å². The summed E-state index contributed by atoms with van der Waals surface area (Å²) in [6, 6.07) is 1.29. The Morgan fingerprint density at radius 2 is 2.23 bits per heavy atom. The molecule has 3 rings (SSSR count). The molecule has 1 aromatic rings. The Hall–Kier alpha value is -1.89. The molecule has 2 aliphatic rings.